The van der Waals surface area contributed by atoms with Gasteiger partial charge in [0.2, 0.25) is 0 Å². The number of carbonyl (C=O) groups is 1. The second-order valence-electron chi connectivity index (χ2n) is 1.69. The van der Waals surface area contributed by atoms with Crippen LogP contribution in [-0.4, -0.2) is 22.0 Å². The van der Waals surface area contributed by atoms with Gasteiger partial charge in [-0.15, -0.1) is 0 Å². The summed E-state index contributed by atoms with van der Waals surface area (Å²) in [6.45, 7) is 3.41. The van der Waals surface area contributed by atoms with E-state index in [4.69, 9.17) is 0 Å². The van der Waals surface area contributed by atoms with E-state index in [1.165, 1.54) is 0 Å². The van der Waals surface area contributed by atoms with Crippen LogP contribution in [-0.2, 0) is 12.3 Å². The van der Waals surface area contributed by atoms with E-state index in [2.05, 4.69) is 3.73 Å². The van der Waals surface area contributed by atoms with Gasteiger partial charge in [-0.05, 0) is 0 Å². The molecule has 0 aromatic carbocycles. The van der Waals surface area contributed by atoms with Crippen molar-refractivity contribution in [2.24, 2.45) is 5.92 Å². The van der Waals surface area contributed by atoms with Gasteiger partial charge in [0.15, 0.2) is 0 Å². The van der Waals surface area contributed by atoms with Gasteiger partial charge in [0.05, 0.1) is 0 Å². The van der Waals surface area contributed by atoms with E-state index in [9.17, 15) is 8.53 Å². The molecule has 0 heterocycles. The van der Waals surface area contributed by atoms with Crippen molar-refractivity contribution < 1.29 is 12.3 Å². The zero-order chi connectivity index (χ0) is 6.57. The van der Waals surface area contributed by atoms with Crippen LogP contribution >= 0.6 is 0 Å². The van der Waals surface area contributed by atoms with Gasteiger partial charge in [-0.1, -0.05) is 0 Å². The first-order chi connectivity index (χ1) is 3.68. The van der Waals surface area contributed by atoms with E-state index >= 15 is 0 Å². The van der Waals surface area contributed by atoms with E-state index in [0.717, 1.165) is 0 Å². The summed E-state index contributed by atoms with van der Waals surface area (Å²) in [5.41, 5.74) is 0. The molecule has 0 aliphatic carbocycles. The zero-order valence-corrected chi connectivity index (χ0v) is 7.30. The second-order valence-corrected chi connectivity index (χ2v) is 2.59. The monoisotopic (exact) mass is 180 g/mol. The van der Waals surface area contributed by atoms with Gasteiger partial charge in [0, 0.05) is 0 Å². The van der Waals surface area contributed by atoms with E-state index < -0.39 is 16.0 Å². The third-order valence-corrected chi connectivity index (χ3v) is 1.32. The molecular formula is C4H9AsO3. The average Bonchev–Trinajstić information content (AvgIpc) is 1.67. The summed E-state index contributed by atoms with van der Waals surface area (Å²) in [7, 11) is 0. The molecule has 0 fully saturated rings. The SMILES string of the molecule is CC(C)C(=O)O[AsH2]=O. The molecule has 0 saturated carbocycles. The predicted octanol–water partition coefficient (Wildman–Crippen LogP) is -0.385. The minimum absolute atomic E-state index is 0.152. The molecule has 0 aromatic rings. The number of hydrogen-bond acceptors (Lipinski definition) is 3. The van der Waals surface area contributed by atoms with Crippen molar-refractivity contribution >= 4 is 22.0 Å². The quantitative estimate of drug-likeness (QED) is 0.544. The molecule has 0 aromatic heterocycles. The number of hydrogen-bond donors (Lipinski definition) is 0. The van der Waals surface area contributed by atoms with Crippen LogP contribution in [0.5, 0.6) is 0 Å². The van der Waals surface area contributed by atoms with Crippen molar-refractivity contribution in [3.63, 3.8) is 0 Å². The zero-order valence-electron chi connectivity index (χ0n) is 4.88. The van der Waals surface area contributed by atoms with Gasteiger partial charge in [-0.2, -0.15) is 0 Å². The predicted molar refractivity (Wildman–Crippen MR) is 30.2 cm³/mol. The van der Waals surface area contributed by atoms with Crippen LogP contribution in [0.1, 0.15) is 13.8 Å². The maximum atomic E-state index is 10.4. The molecule has 0 bridgehead atoms. The summed E-state index contributed by atoms with van der Waals surface area (Å²) in [4.78, 5) is 10.4. The van der Waals surface area contributed by atoms with Crippen molar-refractivity contribution in [2.45, 2.75) is 13.8 Å². The minimum atomic E-state index is -1.90. The molecule has 3 nitrogen and oxygen atoms in total. The molecule has 0 radical (unpaired) electrons. The normalized spacial score (nSPS) is 10.9. The summed E-state index contributed by atoms with van der Waals surface area (Å²) in [6, 6.07) is 0. The van der Waals surface area contributed by atoms with E-state index in [1.54, 1.807) is 13.8 Å². The van der Waals surface area contributed by atoms with Gasteiger partial charge in [-0.25, -0.2) is 0 Å². The van der Waals surface area contributed by atoms with Crippen molar-refractivity contribution in [1.29, 1.82) is 0 Å². The number of rotatable bonds is 2. The standard InChI is InChI=1S/C4H9AsO3/c1-3(2)4(6)8-5-7/h3H,5H2,1-2H3. The molecule has 48 valence electrons. The van der Waals surface area contributed by atoms with Crippen LogP contribution < -0.4 is 0 Å². The van der Waals surface area contributed by atoms with Gasteiger partial charge >= 0.3 is 54.0 Å². The Balaban J connectivity index is 3.48. The Morgan fingerprint density at radius 3 is 2.25 bits per heavy atom. The Hall–Kier alpha value is -0.172. The van der Waals surface area contributed by atoms with Crippen molar-refractivity contribution in [3.8, 4) is 0 Å². The Kier molecular flexibility index (Phi) is 3.70. The molecule has 1 unspecified atom stereocenters. The van der Waals surface area contributed by atoms with Gasteiger partial charge in [-0.3, -0.25) is 0 Å². The van der Waals surface area contributed by atoms with Crippen molar-refractivity contribution in [1.82, 2.24) is 0 Å². The van der Waals surface area contributed by atoms with E-state index in [0.29, 0.717) is 0 Å². The molecule has 4 heteroatoms. The fourth-order valence-electron chi connectivity index (χ4n) is 0.184. The summed E-state index contributed by atoms with van der Waals surface area (Å²) in [5, 5.41) is 0. The van der Waals surface area contributed by atoms with Gasteiger partial charge in [0.25, 0.3) is 0 Å². The van der Waals surface area contributed by atoms with Crippen LogP contribution in [0, 0.1) is 5.92 Å². The van der Waals surface area contributed by atoms with Crippen LogP contribution in [0.25, 0.3) is 0 Å². The van der Waals surface area contributed by atoms with Crippen molar-refractivity contribution in [3.05, 3.63) is 0 Å². The van der Waals surface area contributed by atoms with Crippen LogP contribution in [0.3, 0.4) is 0 Å². The molecule has 8 heavy (non-hydrogen) atoms. The fraction of sp³-hybridized carbons (Fsp3) is 0.750. The van der Waals surface area contributed by atoms with Gasteiger partial charge in [0.1, 0.15) is 0 Å². The molecular weight excluding hydrogens is 171 g/mol. The Morgan fingerprint density at radius 2 is 2.12 bits per heavy atom. The molecule has 0 rings (SSSR count). The molecule has 0 aliphatic heterocycles. The molecule has 0 saturated heterocycles. The first-order valence-electron chi connectivity index (χ1n) is 2.32. The second kappa shape index (κ2) is 3.79. The van der Waals surface area contributed by atoms with Crippen molar-refractivity contribution in [2.75, 3.05) is 0 Å². The third kappa shape index (κ3) is 2.91. The summed E-state index contributed by atoms with van der Waals surface area (Å²) in [6.07, 6.45) is 0. The van der Waals surface area contributed by atoms with Crippen LogP contribution in [0.4, 0.5) is 0 Å². The molecule has 0 spiro atoms. The summed E-state index contributed by atoms with van der Waals surface area (Å²) < 4.78 is 14.0. The Labute approximate surface area is 54.7 Å². The van der Waals surface area contributed by atoms with Crippen LogP contribution in [0.15, 0.2) is 0 Å². The molecule has 0 N–H and O–H groups in total. The average molecular weight is 180 g/mol. The maximum absolute atomic E-state index is 10.4. The molecule has 0 amide bonds. The summed E-state index contributed by atoms with van der Waals surface area (Å²) >= 11 is -1.90. The molecule has 1 atom stereocenters. The van der Waals surface area contributed by atoms with Crippen LogP contribution in [0.2, 0.25) is 0 Å². The third-order valence-electron chi connectivity index (χ3n) is 0.636. The van der Waals surface area contributed by atoms with Gasteiger partial charge < -0.3 is 0 Å². The molecule has 0 aliphatic rings. The number of carbonyl (C=O) groups excluding carboxylic acids is 1. The Morgan fingerprint density at radius 1 is 1.62 bits per heavy atom. The van der Waals surface area contributed by atoms with E-state index in [-0.39, 0.29) is 11.9 Å². The summed E-state index contributed by atoms with van der Waals surface area (Å²) in [5.74, 6) is -0.513. The first-order valence-corrected chi connectivity index (χ1v) is 4.30. The van der Waals surface area contributed by atoms with E-state index in [1.807, 2.05) is 0 Å². The fourth-order valence-corrected chi connectivity index (χ4v) is 0.954. The topological polar surface area (TPSA) is 43.4 Å². The Bertz CT molecular complexity index is 99.5. The first kappa shape index (κ1) is 7.83.